The van der Waals surface area contributed by atoms with Gasteiger partial charge in [0.25, 0.3) is 5.91 Å². The summed E-state index contributed by atoms with van der Waals surface area (Å²) < 4.78 is 20.6. The number of likely N-dealkylation sites (tertiary alicyclic amines) is 1. The van der Waals surface area contributed by atoms with E-state index in [1.54, 1.807) is 4.52 Å². The summed E-state index contributed by atoms with van der Waals surface area (Å²) in [7, 11) is 1.43. The number of imidazole rings is 1. The summed E-state index contributed by atoms with van der Waals surface area (Å²) in [6.07, 6.45) is 4.20. The van der Waals surface area contributed by atoms with E-state index in [4.69, 9.17) is 15.5 Å². The molecule has 6 rings (SSSR count). The van der Waals surface area contributed by atoms with E-state index >= 15 is 0 Å². The van der Waals surface area contributed by atoms with E-state index in [0.717, 1.165) is 42.3 Å². The van der Waals surface area contributed by atoms with Crippen molar-refractivity contribution in [2.24, 2.45) is 5.92 Å². The lowest BCUT2D eigenvalue weighted by Gasteiger charge is -2.15. The highest BCUT2D eigenvalue weighted by atomic mass is 19.1. The molecule has 2 aliphatic rings. The van der Waals surface area contributed by atoms with E-state index in [1.165, 1.54) is 25.6 Å². The SMILES string of the molecule is COc1ccc(F)cc1C(=O)NCc1ccc(-c2nc(C3CCN(C(=O)C4CC4)C3)n3ncnc(N)c23)cc1. The first-order valence-corrected chi connectivity index (χ1v) is 12.9. The maximum atomic E-state index is 13.7. The Labute approximate surface area is 224 Å². The van der Waals surface area contributed by atoms with Crippen molar-refractivity contribution in [3.05, 3.63) is 71.6 Å². The van der Waals surface area contributed by atoms with Gasteiger partial charge in [-0.25, -0.2) is 18.9 Å². The van der Waals surface area contributed by atoms with Crippen LogP contribution >= 0.6 is 0 Å². The van der Waals surface area contributed by atoms with Crippen molar-refractivity contribution in [1.29, 1.82) is 0 Å². The minimum absolute atomic E-state index is 0.0533. The van der Waals surface area contributed by atoms with E-state index in [2.05, 4.69) is 15.4 Å². The van der Waals surface area contributed by atoms with E-state index < -0.39 is 11.7 Å². The van der Waals surface area contributed by atoms with Gasteiger partial charge in [-0.1, -0.05) is 24.3 Å². The number of carbonyl (C=O) groups is 2. The van der Waals surface area contributed by atoms with E-state index in [-0.39, 0.29) is 29.9 Å². The van der Waals surface area contributed by atoms with Crippen LogP contribution in [0.2, 0.25) is 0 Å². The van der Waals surface area contributed by atoms with Crippen molar-refractivity contribution in [3.8, 4) is 17.0 Å². The summed E-state index contributed by atoms with van der Waals surface area (Å²) >= 11 is 0. The molecule has 2 aromatic carbocycles. The van der Waals surface area contributed by atoms with Crippen LogP contribution in [0.3, 0.4) is 0 Å². The lowest BCUT2D eigenvalue weighted by Crippen LogP contribution is -2.29. The normalized spacial score (nSPS) is 17.0. The Bertz CT molecular complexity index is 1570. The maximum Gasteiger partial charge on any atom is 0.255 e. The molecule has 1 atom stereocenters. The summed E-state index contributed by atoms with van der Waals surface area (Å²) in [6, 6.07) is 11.4. The van der Waals surface area contributed by atoms with Gasteiger partial charge in [-0.05, 0) is 43.0 Å². The molecule has 0 radical (unpaired) electrons. The largest absolute Gasteiger partial charge is 0.496 e. The Morgan fingerprint density at radius 3 is 2.69 bits per heavy atom. The van der Waals surface area contributed by atoms with Crippen LogP contribution in [0.1, 0.15) is 46.9 Å². The van der Waals surface area contributed by atoms with Crippen LogP contribution in [0.4, 0.5) is 10.2 Å². The number of hydrogen-bond donors (Lipinski definition) is 2. The third kappa shape index (κ3) is 4.75. The van der Waals surface area contributed by atoms with Crippen LogP contribution in [-0.2, 0) is 11.3 Å². The molecule has 2 amide bonds. The van der Waals surface area contributed by atoms with Gasteiger partial charge in [0.1, 0.15) is 34.9 Å². The Morgan fingerprint density at radius 1 is 1.15 bits per heavy atom. The van der Waals surface area contributed by atoms with Gasteiger partial charge in [-0.3, -0.25) is 9.59 Å². The van der Waals surface area contributed by atoms with Crippen LogP contribution in [0.15, 0.2) is 48.8 Å². The summed E-state index contributed by atoms with van der Waals surface area (Å²) in [4.78, 5) is 36.3. The van der Waals surface area contributed by atoms with Crippen molar-refractivity contribution < 1.29 is 18.7 Å². The van der Waals surface area contributed by atoms with Crippen LogP contribution in [0.5, 0.6) is 5.75 Å². The van der Waals surface area contributed by atoms with Crippen molar-refractivity contribution in [3.63, 3.8) is 0 Å². The molecule has 10 nitrogen and oxygen atoms in total. The molecule has 2 fully saturated rings. The minimum Gasteiger partial charge on any atom is -0.496 e. The zero-order valence-electron chi connectivity index (χ0n) is 21.4. The number of methoxy groups -OCH3 is 1. The number of benzene rings is 2. The highest BCUT2D eigenvalue weighted by Crippen LogP contribution is 2.37. The molecule has 1 unspecified atom stereocenters. The Hall–Kier alpha value is -4.54. The predicted octanol–water partition coefficient (Wildman–Crippen LogP) is 3.18. The molecule has 0 spiro atoms. The number of aromatic nitrogens is 4. The van der Waals surface area contributed by atoms with E-state index in [9.17, 15) is 14.0 Å². The van der Waals surface area contributed by atoms with Crippen LogP contribution < -0.4 is 15.8 Å². The standard InChI is InChI=1S/C28H28FN7O3/c1-39-22-9-8-20(29)12-21(22)27(37)31-13-16-2-4-17(5-3-16)23-24-25(30)32-15-33-36(24)26(34-23)19-10-11-35(14-19)28(38)18-6-7-18/h2-5,8-9,12,15,18-19H,6-7,10-11,13-14H2,1H3,(H,31,37)(H2,30,32,33). The molecular formula is C28H28FN7O3. The molecule has 0 bridgehead atoms. The monoisotopic (exact) mass is 529 g/mol. The summed E-state index contributed by atoms with van der Waals surface area (Å²) in [5.41, 5.74) is 9.36. The number of nitrogens with one attached hydrogen (secondary N) is 1. The lowest BCUT2D eigenvalue weighted by molar-refractivity contribution is -0.131. The van der Waals surface area contributed by atoms with Crippen LogP contribution in [0, 0.1) is 11.7 Å². The lowest BCUT2D eigenvalue weighted by atomic mass is 10.1. The fraction of sp³-hybridized carbons (Fsp3) is 0.321. The van der Waals surface area contributed by atoms with Crippen LogP contribution in [-0.4, -0.2) is 56.5 Å². The molecule has 1 saturated heterocycles. The molecule has 39 heavy (non-hydrogen) atoms. The zero-order valence-corrected chi connectivity index (χ0v) is 21.4. The van der Waals surface area contributed by atoms with Crippen molar-refractivity contribution in [1.82, 2.24) is 29.8 Å². The second kappa shape index (κ2) is 9.97. The smallest absolute Gasteiger partial charge is 0.255 e. The number of amides is 2. The topological polar surface area (TPSA) is 128 Å². The van der Waals surface area contributed by atoms with Crippen LogP contribution in [0.25, 0.3) is 16.8 Å². The second-order valence-electron chi connectivity index (χ2n) is 9.99. The number of nitrogens with two attached hydrogens (primary N) is 1. The number of fused-ring (bicyclic) bond motifs is 1. The average molecular weight is 530 g/mol. The number of rotatable bonds is 7. The molecule has 3 heterocycles. The predicted molar refractivity (Wildman–Crippen MR) is 141 cm³/mol. The molecule has 4 aromatic rings. The molecule has 11 heteroatoms. The Balaban J connectivity index is 1.22. The number of nitrogens with zero attached hydrogens (tertiary/aromatic N) is 5. The van der Waals surface area contributed by atoms with Gasteiger partial charge < -0.3 is 20.7 Å². The van der Waals surface area contributed by atoms with E-state index in [0.29, 0.717) is 35.9 Å². The van der Waals surface area contributed by atoms with Gasteiger partial charge in [0, 0.05) is 37.0 Å². The Morgan fingerprint density at radius 2 is 1.95 bits per heavy atom. The number of anilines is 1. The van der Waals surface area contributed by atoms with Crippen molar-refractivity contribution in [2.75, 3.05) is 25.9 Å². The molecule has 2 aromatic heterocycles. The summed E-state index contributed by atoms with van der Waals surface area (Å²) in [5, 5.41) is 7.25. The molecule has 1 aliphatic carbocycles. The highest BCUT2D eigenvalue weighted by molar-refractivity contribution is 5.97. The first-order valence-electron chi connectivity index (χ1n) is 12.9. The maximum absolute atomic E-state index is 13.7. The number of halogens is 1. The molecular weight excluding hydrogens is 501 g/mol. The highest BCUT2D eigenvalue weighted by Gasteiger charge is 2.38. The Kier molecular flexibility index (Phi) is 6.34. The second-order valence-corrected chi connectivity index (χ2v) is 9.99. The first-order chi connectivity index (χ1) is 18.9. The fourth-order valence-electron chi connectivity index (χ4n) is 5.12. The fourth-order valence-corrected chi connectivity index (χ4v) is 5.12. The third-order valence-electron chi connectivity index (χ3n) is 7.36. The first kappa shape index (κ1) is 24.8. The number of hydrogen-bond acceptors (Lipinski definition) is 7. The van der Waals surface area contributed by atoms with Gasteiger partial charge in [0.2, 0.25) is 5.91 Å². The molecule has 1 saturated carbocycles. The number of ether oxygens (including phenoxy) is 1. The van der Waals surface area contributed by atoms with Gasteiger partial charge >= 0.3 is 0 Å². The third-order valence-corrected chi connectivity index (χ3v) is 7.36. The van der Waals surface area contributed by atoms with Crippen molar-refractivity contribution >= 4 is 23.1 Å². The number of carbonyl (C=O) groups excluding carboxylic acids is 2. The molecule has 200 valence electrons. The summed E-state index contributed by atoms with van der Waals surface area (Å²) in [5.74, 6) is 0.922. The van der Waals surface area contributed by atoms with Gasteiger partial charge in [-0.15, -0.1) is 0 Å². The van der Waals surface area contributed by atoms with E-state index in [1.807, 2.05) is 29.2 Å². The molecule has 3 N–H and O–H groups in total. The van der Waals surface area contributed by atoms with Gasteiger partial charge in [0.05, 0.1) is 12.7 Å². The quantitative estimate of drug-likeness (QED) is 0.376. The molecule has 1 aliphatic heterocycles. The van der Waals surface area contributed by atoms with Crippen molar-refractivity contribution in [2.45, 2.75) is 31.7 Å². The minimum atomic E-state index is -0.514. The van der Waals surface area contributed by atoms with Gasteiger partial charge in [0.15, 0.2) is 5.82 Å². The van der Waals surface area contributed by atoms with Gasteiger partial charge in [-0.2, -0.15) is 5.10 Å². The average Bonchev–Trinajstić information content (AvgIpc) is 3.55. The zero-order chi connectivity index (χ0) is 27.1. The number of nitrogen functional groups attached to an aromatic ring is 1. The summed E-state index contributed by atoms with van der Waals surface area (Å²) in [6.45, 7) is 1.57.